The minimum Gasteiger partial charge on any atom is -0.372 e. The van der Waals surface area contributed by atoms with E-state index in [0.29, 0.717) is 11.9 Å². The third kappa shape index (κ3) is 3.49. The summed E-state index contributed by atoms with van der Waals surface area (Å²) in [6, 6.07) is 18.4. The molecule has 5 nitrogen and oxygen atoms in total. The van der Waals surface area contributed by atoms with Crippen LogP contribution in [0, 0.1) is 0 Å². The van der Waals surface area contributed by atoms with E-state index in [1.807, 2.05) is 49.4 Å². The summed E-state index contributed by atoms with van der Waals surface area (Å²) in [5.74, 6) is 0. The molecule has 3 aromatic rings. The fourth-order valence-corrected chi connectivity index (χ4v) is 4.35. The lowest BCUT2D eigenvalue weighted by Gasteiger charge is -2.32. The Morgan fingerprint density at radius 2 is 1.77 bits per heavy atom. The molecule has 26 heavy (non-hydrogen) atoms. The summed E-state index contributed by atoms with van der Waals surface area (Å²) in [6.07, 6.45) is 2.22. The Bertz CT molecular complexity index is 979. The zero-order valence-electron chi connectivity index (χ0n) is 14.8. The summed E-state index contributed by atoms with van der Waals surface area (Å²) in [5, 5.41) is 0.784. The second-order valence-electron chi connectivity index (χ2n) is 6.07. The number of nitrogens with one attached hydrogen (secondary N) is 1. The molecule has 1 atom stereocenters. The normalized spacial score (nSPS) is 14.2. The molecular weight excluding hydrogens is 348 g/mol. The van der Waals surface area contributed by atoms with Crippen molar-refractivity contribution in [2.45, 2.75) is 23.8 Å². The van der Waals surface area contributed by atoms with E-state index >= 15 is 0 Å². The topological polar surface area (TPSA) is 68.3 Å². The van der Waals surface area contributed by atoms with Gasteiger partial charge in [0.2, 0.25) is 10.0 Å². The summed E-state index contributed by atoms with van der Waals surface area (Å²) in [7, 11) is -2.14. The van der Waals surface area contributed by atoms with Crippen LogP contribution in [0.5, 0.6) is 0 Å². The Morgan fingerprint density at radius 1 is 1.04 bits per heavy atom. The van der Waals surface area contributed by atoms with Gasteiger partial charge >= 0.3 is 0 Å². The van der Waals surface area contributed by atoms with Crippen molar-refractivity contribution in [3.8, 4) is 0 Å². The average molecular weight is 370 g/mol. The van der Waals surface area contributed by atoms with Crippen LogP contribution in [0.4, 0.5) is 0 Å². The second kappa shape index (κ2) is 7.53. The summed E-state index contributed by atoms with van der Waals surface area (Å²) < 4.78 is 34.4. The van der Waals surface area contributed by atoms with Crippen molar-refractivity contribution in [1.29, 1.82) is 0 Å². The molecule has 0 bridgehead atoms. The van der Waals surface area contributed by atoms with Gasteiger partial charge in [-0.2, -0.15) is 0 Å². The van der Waals surface area contributed by atoms with Gasteiger partial charge in [0.1, 0.15) is 10.5 Å². The first kappa shape index (κ1) is 18.5. The van der Waals surface area contributed by atoms with Crippen LogP contribution in [-0.2, 0) is 20.4 Å². The van der Waals surface area contributed by atoms with Crippen molar-refractivity contribution in [2.24, 2.45) is 0 Å². The first-order valence-electron chi connectivity index (χ1n) is 8.46. The smallest absolute Gasteiger partial charge is 0.242 e. The molecule has 0 aliphatic rings. The van der Waals surface area contributed by atoms with E-state index < -0.39 is 15.6 Å². The van der Waals surface area contributed by atoms with E-state index in [9.17, 15) is 8.42 Å². The molecule has 1 N–H and O–H groups in total. The van der Waals surface area contributed by atoms with Gasteiger partial charge in [0.05, 0.1) is 5.52 Å². The van der Waals surface area contributed by atoms with E-state index in [2.05, 4.69) is 9.71 Å². The number of hydrogen-bond donors (Lipinski definition) is 1. The van der Waals surface area contributed by atoms with Gasteiger partial charge in [-0.3, -0.25) is 4.98 Å². The van der Waals surface area contributed by atoms with Gasteiger partial charge < -0.3 is 4.74 Å². The van der Waals surface area contributed by atoms with E-state index in [-0.39, 0.29) is 11.4 Å². The minimum atomic E-state index is -3.74. The van der Waals surface area contributed by atoms with Gasteiger partial charge in [-0.1, -0.05) is 55.5 Å². The number of para-hydroxylation sites is 1. The molecule has 0 fully saturated rings. The fourth-order valence-electron chi connectivity index (χ4n) is 3.09. The number of ether oxygens (including phenoxy) is 1. The first-order valence-corrected chi connectivity index (χ1v) is 9.95. The summed E-state index contributed by atoms with van der Waals surface area (Å²) in [6.45, 7) is 2.11. The Balaban J connectivity index is 1.94. The molecule has 1 heterocycles. The number of fused-ring (bicyclic) bond motifs is 1. The average Bonchev–Trinajstić information content (AvgIpc) is 2.69. The highest BCUT2D eigenvalue weighted by atomic mass is 32.2. The lowest BCUT2D eigenvalue weighted by molar-refractivity contribution is -0.0133. The molecule has 3 rings (SSSR count). The van der Waals surface area contributed by atoms with Crippen LogP contribution in [-0.4, -0.2) is 27.1 Å². The molecule has 0 saturated heterocycles. The van der Waals surface area contributed by atoms with Crippen molar-refractivity contribution in [3.63, 3.8) is 0 Å². The van der Waals surface area contributed by atoms with Crippen molar-refractivity contribution in [2.75, 3.05) is 13.7 Å². The summed E-state index contributed by atoms with van der Waals surface area (Å²) in [4.78, 5) is 4.41. The molecule has 6 heteroatoms. The quantitative estimate of drug-likeness (QED) is 0.691. The predicted octanol–water partition coefficient (Wildman–Crippen LogP) is 3.47. The Hall–Kier alpha value is -2.28. The van der Waals surface area contributed by atoms with Gasteiger partial charge in [-0.25, -0.2) is 13.1 Å². The summed E-state index contributed by atoms with van der Waals surface area (Å²) >= 11 is 0. The van der Waals surface area contributed by atoms with Gasteiger partial charge in [0, 0.05) is 25.2 Å². The monoisotopic (exact) mass is 370 g/mol. The van der Waals surface area contributed by atoms with Crippen LogP contribution >= 0.6 is 0 Å². The van der Waals surface area contributed by atoms with Crippen LogP contribution in [0.1, 0.15) is 18.9 Å². The molecule has 0 aliphatic heterocycles. The molecular formula is C20H22N2O3S. The van der Waals surface area contributed by atoms with E-state index in [1.54, 1.807) is 31.5 Å². The summed E-state index contributed by atoms with van der Waals surface area (Å²) in [5.41, 5.74) is 0.664. The minimum absolute atomic E-state index is 0.134. The number of sulfonamides is 1. The highest BCUT2D eigenvalue weighted by Crippen LogP contribution is 2.29. The van der Waals surface area contributed by atoms with Crippen molar-refractivity contribution in [3.05, 3.63) is 72.4 Å². The van der Waals surface area contributed by atoms with Gasteiger partial charge in [-0.15, -0.1) is 0 Å². The van der Waals surface area contributed by atoms with Crippen LogP contribution in [0.2, 0.25) is 0 Å². The third-order valence-electron chi connectivity index (χ3n) is 4.69. The lowest BCUT2D eigenvalue weighted by atomic mass is 9.91. The van der Waals surface area contributed by atoms with Crippen molar-refractivity contribution >= 4 is 20.9 Å². The predicted molar refractivity (Wildman–Crippen MR) is 102 cm³/mol. The Labute approximate surface area is 154 Å². The van der Waals surface area contributed by atoms with Crippen LogP contribution in [0.15, 0.2) is 71.8 Å². The highest BCUT2D eigenvalue weighted by Gasteiger charge is 2.32. The number of benzene rings is 2. The number of pyridine rings is 1. The molecule has 0 spiro atoms. The molecule has 0 aliphatic carbocycles. The van der Waals surface area contributed by atoms with Gasteiger partial charge in [-0.05, 0) is 24.1 Å². The molecule has 0 saturated carbocycles. The largest absolute Gasteiger partial charge is 0.372 e. The van der Waals surface area contributed by atoms with E-state index in [1.165, 1.54) is 0 Å². The first-order chi connectivity index (χ1) is 12.5. The number of hydrogen-bond acceptors (Lipinski definition) is 4. The van der Waals surface area contributed by atoms with E-state index in [0.717, 1.165) is 10.9 Å². The zero-order valence-corrected chi connectivity index (χ0v) is 15.7. The molecule has 1 unspecified atom stereocenters. The van der Waals surface area contributed by atoms with Crippen LogP contribution in [0.3, 0.4) is 0 Å². The van der Waals surface area contributed by atoms with Gasteiger partial charge in [0.25, 0.3) is 0 Å². The van der Waals surface area contributed by atoms with Gasteiger partial charge in [0.15, 0.2) is 0 Å². The highest BCUT2D eigenvalue weighted by molar-refractivity contribution is 7.89. The molecule has 1 aromatic heterocycles. The number of nitrogens with zero attached hydrogens (tertiary/aromatic N) is 1. The molecule has 2 aromatic carbocycles. The third-order valence-corrected chi connectivity index (χ3v) is 6.13. The van der Waals surface area contributed by atoms with Crippen LogP contribution in [0.25, 0.3) is 10.9 Å². The Kier molecular flexibility index (Phi) is 5.36. The maximum atomic E-state index is 12.9. The SMILES string of the molecule is CCC(CNS(=O)(=O)c1cccc2cccnc12)(OC)c1ccccc1. The molecule has 0 radical (unpaired) electrons. The number of methoxy groups -OCH3 is 1. The number of rotatable bonds is 7. The number of aromatic nitrogens is 1. The standard InChI is InChI=1S/C20H22N2O3S/c1-3-20(25-2,17-11-5-4-6-12-17)15-22-26(23,24)18-13-7-9-16-10-8-14-21-19(16)18/h4-14,22H,3,15H2,1-2H3. The molecule has 0 amide bonds. The van der Waals surface area contributed by atoms with Crippen molar-refractivity contribution in [1.82, 2.24) is 9.71 Å². The van der Waals surface area contributed by atoms with Crippen LogP contribution < -0.4 is 4.72 Å². The lowest BCUT2D eigenvalue weighted by Crippen LogP contribution is -2.41. The van der Waals surface area contributed by atoms with E-state index in [4.69, 9.17) is 4.74 Å². The fraction of sp³-hybridized carbons (Fsp3) is 0.250. The second-order valence-corrected chi connectivity index (χ2v) is 7.81. The molecule has 136 valence electrons. The maximum absolute atomic E-state index is 12.9. The maximum Gasteiger partial charge on any atom is 0.242 e. The van der Waals surface area contributed by atoms with Crippen molar-refractivity contribution < 1.29 is 13.2 Å². The Morgan fingerprint density at radius 3 is 2.46 bits per heavy atom. The zero-order chi connectivity index (χ0) is 18.6.